The molecule has 1 amide bonds. The number of anilines is 2. The first-order valence-corrected chi connectivity index (χ1v) is 7.14. The normalized spacial score (nSPS) is 9.96. The molecule has 0 atom stereocenters. The van der Waals surface area contributed by atoms with Crippen molar-refractivity contribution in [1.82, 2.24) is 15.3 Å². The fraction of sp³-hybridized carbons (Fsp3) is 0.0588. The molecule has 7 heteroatoms. The molecule has 0 radical (unpaired) electrons. The summed E-state index contributed by atoms with van der Waals surface area (Å²) in [5, 5.41) is 14.6. The van der Waals surface area contributed by atoms with Crippen LogP contribution in [0.4, 0.5) is 11.5 Å². The van der Waals surface area contributed by atoms with E-state index >= 15 is 0 Å². The van der Waals surface area contributed by atoms with Crippen molar-refractivity contribution in [3.8, 4) is 6.07 Å². The van der Waals surface area contributed by atoms with Crippen LogP contribution in [0.15, 0.2) is 59.5 Å². The number of hydrogen-bond donors (Lipinski definition) is 2. The number of carbonyl (C=O) groups excluding carboxylic acids is 1. The van der Waals surface area contributed by atoms with Crippen molar-refractivity contribution in [3.05, 3.63) is 72.1 Å². The van der Waals surface area contributed by atoms with E-state index in [1.54, 1.807) is 48.7 Å². The first-order valence-electron chi connectivity index (χ1n) is 7.14. The first-order chi connectivity index (χ1) is 11.7. The average Bonchev–Trinajstić information content (AvgIpc) is 3.14. The summed E-state index contributed by atoms with van der Waals surface area (Å²) < 4.78 is 5.16. The van der Waals surface area contributed by atoms with Crippen LogP contribution in [0.5, 0.6) is 0 Å². The summed E-state index contributed by atoms with van der Waals surface area (Å²) >= 11 is 0. The van der Waals surface area contributed by atoms with Gasteiger partial charge in [-0.25, -0.2) is 9.97 Å². The van der Waals surface area contributed by atoms with Gasteiger partial charge in [-0.3, -0.25) is 4.79 Å². The summed E-state index contributed by atoms with van der Waals surface area (Å²) in [6.07, 6.45) is 2.86. The molecule has 2 heterocycles. The smallest absolute Gasteiger partial charge is 0.270 e. The van der Waals surface area contributed by atoms with E-state index in [9.17, 15) is 4.79 Å². The number of nitriles is 1. The summed E-state index contributed by atoms with van der Waals surface area (Å²) in [5.74, 6) is 0.822. The van der Waals surface area contributed by atoms with Gasteiger partial charge >= 0.3 is 0 Å². The number of furan rings is 1. The van der Waals surface area contributed by atoms with Crippen LogP contribution in [0.25, 0.3) is 0 Å². The van der Waals surface area contributed by atoms with Gasteiger partial charge in [0.25, 0.3) is 5.91 Å². The molecule has 118 valence electrons. The third-order valence-electron chi connectivity index (χ3n) is 3.19. The lowest BCUT2D eigenvalue weighted by molar-refractivity contribution is 0.0943. The predicted molar refractivity (Wildman–Crippen MR) is 86.3 cm³/mol. The second kappa shape index (κ2) is 7.07. The third-order valence-corrected chi connectivity index (χ3v) is 3.19. The van der Waals surface area contributed by atoms with Gasteiger partial charge in [0, 0.05) is 11.8 Å². The number of amides is 1. The Morgan fingerprint density at radius 3 is 2.75 bits per heavy atom. The fourth-order valence-corrected chi connectivity index (χ4v) is 2.00. The molecule has 24 heavy (non-hydrogen) atoms. The Bertz CT molecular complexity index is 867. The Morgan fingerprint density at radius 1 is 1.21 bits per heavy atom. The van der Waals surface area contributed by atoms with Crippen molar-refractivity contribution in [2.75, 3.05) is 5.32 Å². The molecule has 2 N–H and O–H groups in total. The summed E-state index contributed by atoms with van der Waals surface area (Å²) in [6.45, 7) is 0.286. The monoisotopic (exact) mass is 319 g/mol. The minimum atomic E-state index is -0.323. The Balaban J connectivity index is 1.66. The highest BCUT2D eigenvalue weighted by Gasteiger charge is 2.09. The van der Waals surface area contributed by atoms with Crippen LogP contribution in [0.3, 0.4) is 0 Å². The standard InChI is InChI=1S/C17H13N5O2/c18-9-12-3-5-13(6-4-12)22-16-8-15(20-11-21-16)17(23)19-10-14-2-1-7-24-14/h1-8,11H,10H2,(H,19,23)(H,20,21,22). The van der Waals surface area contributed by atoms with E-state index in [-0.39, 0.29) is 18.1 Å². The van der Waals surface area contributed by atoms with E-state index < -0.39 is 0 Å². The number of nitrogens with one attached hydrogen (secondary N) is 2. The maximum absolute atomic E-state index is 12.1. The lowest BCUT2D eigenvalue weighted by Crippen LogP contribution is -2.23. The zero-order valence-corrected chi connectivity index (χ0v) is 12.6. The minimum absolute atomic E-state index is 0.243. The molecule has 0 aliphatic heterocycles. The van der Waals surface area contributed by atoms with Crippen molar-refractivity contribution >= 4 is 17.4 Å². The maximum Gasteiger partial charge on any atom is 0.270 e. The van der Waals surface area contributed by atoms with Crippen LogP contribution in [0, 0.1) is 11.3 Å². The van der Waals surface area contributed by atoms with Gasteiger partial charge in [0.15, 0.2) is 0 Å². The van der Waals surface area contributed by atoms with Gasteiger partial charge in [-0.2, -0.15) is 5.26 Å². The molecule has 0 bridgehead atoms. The van der Waals surface area contributed by atoms with Crippen molar-refractivity contribution in [2.24, 2.45) is 0 Å². The van der Waals surface area contributed by atoms with E-state index in [2.05, 4.69) is 26.7 Å². The van der Waals surface area contributed by atoms with Crippen molar-refractivity contribution in [2.45, 2.75) is 6.54 Å². The quantitative estimate of drug-likeness (QED) is 0.749. The Hall–Kier alpha value is -3.66. The highest BCUT2D eigenvalue weighted by molar-refractivity contribution is 5.92. The molecule has 2 aromatic heterocycles. The highest BCUT2D eigenvalue weighted by atomic mass is 16.3. The minimum Gasteiger partial charge on any atom is -0.467 e. The fourth-order valence-electron chi connectivity index (χ4n) is 2.00. The van der Waals surface area contributed by atoms with Gasteiger partial charge in [-0.05, 0) is 36.4 Å². The van der Waals surface area contributed by atoms with Crippen LogP contribution in [-0.4, -0.2) is 15.9 Å². The highest BCUT2D eigenvalue weighted by Crippen LogP contribution is 2.15. The van der Waals surface area contributed by atoms with Crippen LogP contribution < -0.4 is 10.6 Å². The average molecular weight is 319 g/mol. The first kappa shape index (κ1) is 15.2. The molecule has 7 nitrogen and oxygen atoms in total. The van der Waals surface area contributed by atoms with E-state index in [0.29, 0.717) is 17.1 Å². The van der Waals surface area contributed by atoms with Gasteiger partial charge in [-0.15, -0.1) is 0 Å². The van der Waals surface area contributed by atoms with Crippen LogP contribution in [0.2, 0.25) is 0 Å². The predicted octanol–water partition coefficient (Wildman–Crippen LogP) is 2.61. The molecule has 0 unspecified atom stereocenters. The molecule has 0 fully saturated rings. The largest absolute Gasteiger partial charge is 0.467 e. The zero-order valence-electron chi connectivity index (χ0n) is 12.6. The van der Waals surface area contributed by atoms with Gasteiger partial charge in [0.05, 0.1) is 24.4 Å². The molecule has 0 saturated heterocycles. The second-order valence-electron chi connectivity index (χ2n) is 4.86. The van der Waals surface area contributed by atoms with Crippen molar-refractivity contribution < 1.29 is 9.21 Å². The summed E-state index contributed by atoms with van der Waals surface area (Å²) in [7, 11) is 0. The number of carbonyl (C=O) groups is 1. The molecule has 0 saturated carbocycles. The number of aromatic nitrogens is 2. The van der Waals surface area contributed by atoms with E-state index in [4.69, 9.17) is 9.68 Å². The number of nitrogens with zero attached hydrogens (tertiary/aromatic N) is 3. The van der Waals surface area contributed by atoms with Crippen LogP contribution in [0.1, 0.15) is 21.8 Å². The summed E-state index contributed by atoms with van der Waals surface area (Å²) in [6, 6.07) is 14.0. The van der Waals surface area contributed by atoms with Gasteiger partial charge in [0.1, 0.15) is 23.6 Å². The molecule has 3 aromatic rings. The molecule has 3 rings (SSSR count). The van der Waals surface area contributed by atoms with Crippen molar-refractivity contribution in [3.63, 3.8) is 0 Å². The Kier molecular flexibility index (Phi) is 4.49. The maximum atomic E-state index is 12.1. The number of rotatable bonds is 5. The van der Waals surface area contributed by atoms with E-state index in [1.807, 2.05) is 0 Å². The number of hydrogen-bond acceptors (Lipinski definition) is 6. The Morgan fingerprint density at radius 2 is 2.04 bits per heavy atom. The zero-order chi connectivity index (χ0) is 16.8. The van der Waals surface area contributed by atoms with Crippen molar-refractivity contribution in [1.29, 1.82) is 5.26 Å². The third kappa shape index (κ3) is 3.75. The molecule has 0 aliphatic carbocycles. The van der Waals surface area contributed by atoms with Gasteiger partial charge in [-0.1, -0.05) is 0 Å². The number of benzene rings is 1. The molecule has 1 aromatic carbocycles. The van der Waals surface area contributed by atoms with Gasteiger partial charge < -0.3 is 15.1 Å². The molecular weight excluding hydrogens is 306 g/mol. The lowest BCUT2D eigenvalue weighted by Gasteiger charge is -2.07. The molecular formula is C17H13N5O2. The SMILES string of the molecule is N#Cc1ccc(Nc2cc(C(=O)NCc3ccco3)ncn2)cc1. The van der Waals surface area contributed by atoms with E-state index in [0.717, 1.165) is 5.69 Å². The summed E-state index contributed by atoms with van der Waals surface area (Å²) in [5.41, 5.74) is 1.57. The van der Waals surface area contributed by atoms with E-state index in [1.165, 1.54) is 6.33 Å². The molecule has 0 aliphatic rings. The van der Waals surface area contributed by atoms with Gasteiger partial charge in [0.2, 0.25) is 0 Å². The van der Waals surface area contributed by atoms with Crippen LogP contribution in [-0.2, 0) is 6.54 Å². The molecule has 0 spiro atoms. The Labute approximate surface area is 138 Å². The van der Waals surface area contributed by atoms with Crippen LogP contribution >= 0.6 is 0 Å². The topological polar surface area (TPSA) is 104 Å². The lowest BCUT2D eigenvalue weighted by atomic mass is 10.2. The summed E-state index contributed by atoms with van der Waals surface area (Å²) in [4.78, 5) is 20.2. The second-order valence-corrected chi connectivity index (χ2v) is 4.86.